The normalized spacial score (nSPS) is 29.1. The minimum Gasteiger partial charge on any atom is -0.497 e. The quantitative estimate of drug-likeness (QED) is 0.839. The summed E-state index contributed by atoms with van der Waals surface area (Å²) < 4.78 is 10.2. The lowest BCUT2D eigenvalue weighted by molar-refractivity contribution is -0.141. The van der Waals surface area contributed by atoms with Crippen molar-refractivity contribution >= 4 is 5.97 Å². The maximum atomic E-state index is 11.5. The van der Waals surface area contributed by atoms with Crippen LogP contribution in [0.15, 0.2) is 24.3 Å². The Morgan fingerprint density at radius 1 is 1.32 bits per heavy atom. The molecule has 2 aliphatic rings. The molecule has 0 radical (unpaired) electrons. The number of benzene rings is 1. The first kappa shape index (κ1) is 12.5. The fourth-order valence-electron chi connectivity index (χ4n) is 3.07. The third-order valence-electron chi connectivity index (χ3n) is 4.19. The zero-order valence-electron chi connectivity index (χ0n) is 11.1. The first-order valence-electron chi connectivity index (χ1n) is 6.79. The van der Waals surface area contributed by atoms with Crippen LogP contribution in [0.4, 0.5) is 0 Å². The zero-order chi connectivity index (χ0) is 13.2. The Kier molecular flexibility index (Phi) is 3.42. The topological polar surface area (TPSA) is 47.6 Å². The smallest absolute Gasteiger partial charge is 0.309 e. The van der Waals surface area contributed by atoms with Crippen molar-refractivity contribution in [2.75, 3.05) is 13.7 Å². The number of carbonyl (C=O) groups is 1. The van der Waals surface area contributed by atoms with Crippen molar-refractivity contribution in [3.8, 4) is 5.75 Å². The van der Waals surface area contributed by atoms with Gasteiger partial charge in [-0.2, -0.15) is 0 Å². The van der Waals surface area contributed by atoms with Crippen molar-refractivity contribution in [3.05, 3.63) is 29.8 Å². The van der Waals surface area contributed by atoms with Crippen molar-refractivity contribution in [1.29, 1.82) is 0 Å². The van der Waals surface area contributed by atoms with E-state index in [1.807, 2.05) is 12.1 Å². The summed E-state index contributed by atoms with van der Waals surface area (Å²) in [4.78, 5) is 11.5. The van der Waals surface area contributed by atoms with Gasteiger partial charge in [0.05, 0.1) is 19.6 Å². The summed E-state index contributed by atoms with van der Waals surface area (Å²) in [6.07, 6.45) is 1.96. The third kappa shape index (κ3) is 2.59. The van der Waals surface area contributed by atoms with Gasteiger partial charge in [0, 0.05) is 18.5 Å². The second-order valence-corrected chi connectivity index (χ2v) is 5.39. The van der Waals surface area contributed by atoms with Gasteiger partial charge in [-0.3, -0.25) is 4.79 Å². The van der Waals surface area contributed by atoms with Crippen LogP contribution in [0.2, 0.25) is 0 Å². The summed E-state index contributed by atoms with van der Waals surface area (Å²) in [5.74, 6) is 1.44. The molecule has 2 fully saturated rings. The van der Waals surface area contributed by atoms with Crippen LogP contribution in [0.3, 0.4) is 0 Å². The number of cyclic esters (lactones) is 1. The van der Waals surface area contributed by atoms with E-state index in [1.54, 1.807) is 7.11 Å². The molecule has 1 saturated carbocycles. The molecule has 4 nitrogen and oxygen atoms in total. The van der Waals surface area contributed by atoms with Crippen LogP contribution >= 0.6 is 0 Å². The van der Waals surface area contributed by atoms with E-state index in [0.29, 0.717) is 18.6 Å². The number of rotatable bonds is 4. The van der Waals surface area contributed by atoms with Crippen molar-refractivity contribution in [2.24, 2.45) is 11.8 Å². The van der Waals surface area contributed by atoms with Crippen LogP contribution in [-0.4, -0.2) is 25.7 Å². The van der Waals surface area contributed by atoms with E-state index >= 15 is 0 Å². The number of esters is 1. The van der Waals surface area contributed by atoms with Gasteiger partial charge in [0.2, 0.25) is 0 Å². The summed E-state index contributed by atoms with van der Waals surface area (Å²) in [7, 11) is 1.67. The maximum Gasteiger partial charge on any atom is 0.309 e. The Morgan fingerprint density at radius 2 is 2.11 bits per heavy atom. The van der Waals surface area contributed by atoms with Crippen LogP contribution < -0.4 is 10.1 Å². The van der Waals surface area contributed by atoms with E-state index in [4.69, 9.17) is 9.47 Å². The molecule has 4 heteroatoms. The highest BCUT2D eigenvalue weighted by atomic mass is 16.5. The summed E-state index contributed by atoms with van der Waals surface area (Å²) in [6, 6.07) is 8.51. The highest BCUT2D eigenvalue weighted by molar-refractivity contribution is 5.75. The molecule has 0 aromatic heterocycles. The second kappa shape index (κ2) is 5.21. The number of carbonyl (C=O) groups excluding carboxylic acids is 1. The largest absolute Gasteiger partial charge is 0.497 e. The molecule has 1 aliphatic carbocycles. The predicted octanol–water partition coefficient (Wildman–Crippen LogP) is 1.74. The van der Waals surface area contributed by atoms with Gasteiger partial charge in [0.25, 0.3) is 0 Å². The lowest BCUT2D eigenvalue weighted by Gasteiger charge is -2.13. The van der Waals surface area contributed by atoms with Gasteiger partial charge < -0.3 is 14.8 Å². The number of hydrogen-bond donors (Lipinski definition) is 1. The maximum absolute atomic E-state index is 11.5. The molecule has 1 aromatic rings. The molecule has 1 N–H and O–H groups in total. The molecule has 0 spiro atoms. The Bertz CT molecular complexity index is 457. The molecule has 0 amide bonds. The van der Waals surface area contributed by atoms with Crippen molar-refractivity contribution in [1.82, 2.24) is 5.32 Å². The van der Waals surface area contributed by atoms with Gasteiger partial charge in [-0.05, 0) is 30.5 Å². The molecule has 1 aliphatic heterocycles. The number of ether oxygens (including phenoxy) is 2. The number of fused-ring (bicyclic) bond motifs is 1. The first-order valence-corrected chi connectivity index (χ1v) is 6.79. The van der Waals surface area contributed by atoms with Crippen LogP contribution in [0.25, 0.3) is 0 Å². The van der Waals surface area contributed by atoms with E-state index in [0.717, 1.165) is 25.1 Å². The minimum atomic E-state index is -0.00116. The van der Waals surface area contributed by atoms with Crippen molar-refractivity contribution in [2.45, 2.75) is 25.4 Å². The predicted molar refractivity (Wildman–Crippen MR) is 70.8 cm³/mol. The van der Waals surface area contributed by atoms with E-state index in [-0.39, 0.29) is 11.9 Å². The summed E-state index contributed by atoms with van der Waals surface area (Å²) >= 11 is 0. The molecule has 1 saturated heterocycles. The van der Waals surface area contributed by atoms with E-state index in [2.05, 4.69) is 17.4 Å². The average molecular weight is 261 g/mol. The number of nitrogens with one attached hydrogen (secondary N) is 1. The fraction of sp³-hybridized carbons (Fsp3) is 0.533. The molecule has 3 atom stereocenters. The van der Waals surface area contributed by atoms with Crippen molar-refractivity contribution in [3.63, 3.8) is 0 Å². The number of methoxy groups -OCH3 is 1. The monoisotopic (exact) mass is 261 g/mol. The minimum absolute atomic E-state index is 0.00116. The van der Waals surface area contributed by atoms with E-state index in [9.17, 15) is 4.79 Å². The molecular weight excluding hydrogens is 242 g/mol. The highest BCUT2D eigenvalue weighted by Gasteiger charge is 2.44. The standard InChI is InChI=1S/C15H19NO3/c1-18-13-4-2-10(3-5-13)8-16-12-6-11-9-19-15(17)14(11)7-12/h2-5,11-12,14,16H,6-9H2,1H3/t11-,12-,14-/m1/s1. The molecule has 1 aromatic carbocycles. The fourth-order valence-corrected chi connectivity index (χ4v) is 3.07. The molecule has 1 heterocycles. The van der Waals surface area contributed by atoms with Gasteiger partial charge in [-0.1, -0.05) is 12.1 Å². The summed E-state index contributed by atoms with van der Waals surface area (Å²) in [5, 5.41) is 3.54. The van der Waals surface area contributed by atoms with Crippen LogP contribution in [0.5, 0.6) is 5.75 Å². The van der Waals surface area contributed by atoms with Gasteiger partial charge in [-0.15, -0.1) is 0 Å². The van der Waals surface area contributed by atoms with Gasteiger partial charge in [0.1, 0.15) is 5.75 Å². The molecule has 0 unspecified atom stereocenters. The molecular formula is C15H19NO3. The summed E-state index contributed by atoms with van der Waals surface area (Å²) in [5.41, 5.74) is 1.24. The SMILES string of the molecule is COc1ccc(CN[C@@H]2C[C@@H]3COC(=O)[C@@H]3C2)cc1. The molecule has 19 heavy (non-hydrogen) atoms. The van der Waals surface area contributed by atoms with Gasteiger partial charge in [0.15, 0.2) is 0 Å². The van der Waals surface area contributed by atoms with Crippen LogP contribution in [0.1, 0.15) is 18.4 Å². The lowest BCUT2D eigenvalue weighted by Crippen LogP contribution is -2.27. The summed E-state index contributed by atoms with van der Waals surface area (Å²) in [6.45, 7) is 1.45. The first-order chi connectivity index (χ1) is 9.26. The Hall–Kier alpha value is -1.55. The third-order valence-corrected chi connectivity index (χ3v) is 4.19. The second-order valence-electron chi connectivity index (χ2n) is 5.39. The Morgan fingerprint density at radius 3 is 2.79 bits per heavy atom. The molecule has 0 bridgehead atoms. The van der Waals surface area contributed by atoms with Crippen molar-refractivity contribution < 1.29 is 14.3 Å². The van der Waals surface area contributed by atoms with E-state index in [1.165, 1.54) is 5.56 Å². The van der Waals surface area contributed by atoms with Gasteiger partial charge >= 0.3 is 5.97 Å². The zero-order valence-corrected chi connectivity index (χ0v) is 11.1. The van der Waals surface area contributed by atoms with E-state index < -0.39 is 0 Å². The van der Waals surface area contributed by atoms with Gasteiger partial charge in [-0.25, -0.2) is 0 Å². The molecule has 3 rings (SSSR count). The lowest BCUT2D eigenvalue weighted by atomic mass is 10.0. The molecule has 102 valence electrons. The van der Waals surface area contributed by atoms with Crippen LogP contribution in [0, 0.1) is 11.8 Å². The highest BCUT2D eigenvalue weighted by Crippen LogP contribution is 2.37. The number of hydrogen-bond acceptors (Lipinski definition) is 4. The Labute approximate surface area is 113 Å². The van der Waals surface area contributed by atoms with Crippen LogP contribution in [-0.2, 0) is 16.1 Å². The average Bonchev–Trinajstić information content (AvgIpc) is 2.99. The Balaban J connectivity index is 1.51.